The first-order chi connectivity index (χ1) is 21.7. The maximum absolute atomic E-state index is 14.4. The van der Waals surface area contributed by atoms with Crippen molar-refractivity contribution in [3.63, 3.8) is 0 Å². The van der Waals surface area contributed by atoms with Gasteiger partial charge in [-0.25, -0.2) is 28.1 Å². The average Bonchev–Trinajstić information content (AvgIpc) is 3.06. The number of ether oxygens (including phenoxy) is 2. The van der Waals surface area contributed by atoms with E-state index in [0.29, 0.717) is 13.0 Å². The highest BCUT2D eigenvalue weighted by Gasteiger charge is 2.44. The van der Waals surface area contributed by atoms with Gasteiger partial charge in [0.25, 0.3) is 0 Å². The lowest BCUT2D eigenvalue weighted by Crippen LogP contribution is -2.59. The highest BCUT2D eigenvalue weighted by molar-refractivity contribution is 6.01. The third-order valence-electron chi connectivity index (χ3n) is 9.15. The van der Waals surface area contributed by atoms with Crippen LogP contribution in [0.4, 0.5) is 18.4 Å². The van der Waals surface area contributed by atoms with Gasteiger partial charge in [0.2, 0.25) is 0 Å². The topological polar surface area (TPSA) is 124 Å². The number of benzene rings is 2. The minimum absolute atomic E-state index is 0.0137. The highest BCUT2D eigenvalue weighted by atomic mass is 19.2. The molecule has 2 heterocycles. The Kier molecular flexibility index (Phi) is 9.80. The van der Waals surface area contributed by atoms with E-state index < -0.39 is 41.1 Å². The Morgan fingerprint density at radius 2 is 1.82 bits per heavy atom. The van der Waals surface area contributed by atoms with E-state index in [-0.39, 0.29) is 35.5 Å². The molecule has 5 rings (SSSR count). The van der Waals surface area contributed by atoms with Crippen LogP contribution < -0.4 is 10.6 Å². The number of urea groups is 2. The molecule has 1 saturated carbocycles. The molecule has 2 aromatic carbocycles. The van der Waals surface area contributed by atoms with Crippen LogP contribution in [0.5, 0.6) is 0 Å². The van der Waals surface area contributed by atoms with E-state index in [1.165, 1.54) is 13.2 Å². The van der Waals surface area contributed by atoms with E-state index in [9.17, 15) is 28.4 Å². The molecule has 10 nitrogen and oxygen atoms in total. The molecule has 0 radical (unpaired) electrons. The average molecular weight is 622 g/mol. The summed E-state index contributed by atoms with van der Waals surface area (Å²) in [5.74, 6) is -3.17. The summed E-state index contributed by atoms with van der Waals surface area (Å²) in [6.07, 6.45) is 4.63. The molecule has 2 N–H and O–H groups in total. The predicted molar refractivity (Wildman–Crippen MR) is 160 cm³/mol. The van der Waals surface area contributed by atoms with Crippen LogP contribution in [-0.4, -0.2) is 73.8 Å². The second-order valence-corrected chi connectivity index (χ2v) is 11.8. The molecule has 1 saturated heterocycles. The number of nitrogens with one attached hydrogen (secondary N) is 2. The van der Waals surface area contributed by atoms with Gasteiger partial charge in [-0.15, -0.1) is 0 Å². The zero-order valence-electron chi connectivity index (χ0n) is 25.4. The summed E-state index contributed by atoms with van der Waals surface area (Å²) in [5.41, 5.74) is 0.466. The van der Waals surface area contributed by atoms with Crippen LogP contribution in [0.2, 0.25) is 0 Å². The number of nitrogens with zero attached hydrogens (tertiary/aromatic N) is 3. The minimum Gasteiger partial charge on any atom is -0.466 e. The number of likely N-dealkylation sites (tertiary alicyclic amines) is 1. The quantitative estimate of drug-likeness (QED) is 0.430. The van der Waals surface area contributed by atoms with Crippen molar-refractivity contribution in [1.29, 1.82) is 5.26 Å². The normalized spacial score (nSPS) is 25.7. The number of imide groups is 1. The molecule has 3 aliphatic rings. The Hall–Kier alpha value is -4.34. The van der Waals surface area contributed by atoms with E-state index in [1.807, 2.05) is 30.3 Å². The molecule has 238 valence electrons. The van der Waals surface area contributed by atoms with Crippen molar-refractivity contribution in [1.82, 2.24) is 20.4 Å². The van der Waals surface area contributed by atoms with Gasteiger partial charge in [0.05, 0.1) is 36.5 Å². The van der Waals surface area contributed by atoms with Crippen molar-refractivity contribution in [3.05, 3.63) is 82.6 Å². The number of carbonyl (C=O) groups excluding carboxylic acids is 3. The minimum atomic E-state index is -1.40. The monoisotopic (exact) mass is 621 g/mol. The highest BCUT2D eigenvalue weighted by Crippen LogP contribution is 2.41. The Balaban J connectivity index is 1.34. The number of hydrogen-bond acceptors (Lipinski definition) is 7. The number of nitriles is 1. The number of methoxy groups -OCH3 is 2. The first kappa shape index (κ1) is 32.1. The fourth-order valence-electron chi connectivity index (χ4n) is 6.86. The first-order valence-corrected chi connectivity index (χ1v) is 15.1. The molecule has 0 aromatic heterocycles. The van der Waals surface area contributed by atoms with Gasteiger partial charge in [0.1, 0.15) is 6.04 Å². The lowest BCUT2D eigenvalue weighted by atomic mass is 9.69. The molecule has 45 heavy (non-hydrogen) atoms. The second-order valence-electron chi connectivity index (χ2n) is 11.8. The van der Waals surface area contributed by atoms with Crippen molar-refractivity contribution in [3.8, 4) is 6.07 Å². The van der Waals surface area contributed by atoms with Gasteiger partial charge in [-0.3, -0.25) is 4.90 Å². The third kappa shape index (κ3) is 6.55. The number of amides is 4. The predicted octanol–water partition coefficient (Wildman–Crippen LogP) is 4.68. The SMILES string of the molecule is COCC1=C(C(=O)OC)C(c2ccc(F)c(F)c2)N(C(=O)NC2CCCN(C3CCC(C#N)(c4ccccc4)CC3)C2)C(=O)N1. The van der Waals surface area contributed by atoms with Crippen LogP contribution in [-0.2, 0) is 19.7 Å². The van der Waals surface area contributed by atoms with Gasteiger partial charge in [0, 0.05) is 25.7 Å². The lowest BCUT2D eigenvalue weighted by Gasteiger charge is -2.44. The van der Waals surface area contributed by atoms with E-state index >= 15 is 0 Å². The summed E-state index contributed by atoms with van der Waals surface area (Å²) in [4.78, 5) is 43.3. The van der Waals surface area contributed by atoms with Crippen molar-refractivity contribution in [2.45, 2.75) is 62.1 Å². The van der Waals surface area contributed by atoms with E-state index in [0.717, 1.165) is 68.4 Å². The van der Waals surface area contributed by atoms with Crippen LogP contribution in [0.25, 0.3) is 0 Å². The fraction of sp³-hybridized carbons (Fsp3) is 0.455. The molecule has 2 atom stereocenters. The van der Waals surface area contributed by atoms with Crippen LogP contribution in [0.15, 0.2) is 59.8 Å². The molecule has 0 bridgehead atoms. The van der Waals surface area contributed by atoms with Crippen molar-refractivity contribution in [2.24, 2.45) is 0 Å². The molecule has 0 spiro atoms. The fourth-order valence-corrected chi connectivity index (χ4v) is 6.86. The summed E-state index contributed by atoms with van der Waals surface area (Å²) in [7, 11) is 2.51. The molecule has 2 unspecified atom stereocenters. The Bertz CT molecular complexity index is 1500. The molecule has 2 aromatic rings. The third-order valence-corrected chi connectivity index (χ3v) is 9.15. The van der Waals surface area contributed by atoms with Gasteiger partial charge in [-0.1, -0.05) is 36.4 Å². The van der Waals surface area contributed by atoms with Crippen LogP contribution in [0.1, 0.15) is 55.7 Å². The summed E-state index contributed by atoms with van der Waals surface area (Å²) in [5, 5.41) is 15.6. The summed E-state index contributed by atoms with van der Waals surface area (Å²) in [6.45, 7) is 1.20. The van der Waals surface area contributed by atoms with Crippen LogP contribution in [0.3, 0.4) is 0 Å². The Morgan fingerprint density at radius 3 is 2.47 bits per heavy atom. The maximum Gasteiger partial charge on any atom is 0.338 e. The molecule has 2 aliphatic heterocycles. The summed E-state index contributed by atoms with van der Waals surface area (Å²) >= 11 is 0. The molecule has 2 fully saturated rings. The van der Waals surface area contributed by atoms with Crippen LogP contribution in [0, 0.1) is 23.0 Å². The number of piperidine rings is 1. The lowest BCUT2D eigenvalue weighted by molar-refractivity contribution is -0.137. The van der Waals surface area contributed by atoms with Gasteiger partial charge in [-0.2, -0.15) is 5.26 Å². The second kappa shape index (κ2) is 13.7. The number of carbonyl (C=O) groups is 3. The van der Waals surface area contributed by atoms with Crippen molar-refractivity contribution >= 4 is 18.0 Å². The molecule has 1 aliphatic carbocycles. The summed E-state index contributed by atoms with van der Waals surface area (Å²) < 4.78 is 38.4. The smallest absolute Gasteiger partial charge is 0.338 e. The standard InChI is InChI=1S/C33H37F2N5O5/c1-44-19-27-28(30(41)45-2)29(21-10-11-25(34)26(35)17-21)40(32(43)38-27)31(42)37-23-9-6-16-39(18-23)24-12-14-33(20-36,15-13-24)22-7-4-3-5-8-22/h3-5,7-8,10-11,17,23-24,29H,6,9,12-16,18-19H2,1-2H3,(H,37,42)(H,38,43). The number of rotatable bonds is 7. The van der Waals surface area contributed by atoms with Gasteiger partial charge >= 0.3 is 18.0 Å². The van der Waals surface area contributed by atoms with E-state index in [1.54, 1.807) is 0 Å². The van der Waals surface area contributed by atoms with Gasteiger partial charge in [-0.05, 0) is 68.3 Å². The molecule has 12 heteroatoms. The Morgan fingerprint density at radius 1 is 1.09 bits per heavy atom. The van der Waals surface area contributed by atoms with Gasteiger partial charge < -0.3 is 20.1 Å². The van der Waals surface area contributed by atoms with Crippen molar-refractivity contribution in [2.75, 3.05) is 33.9 Å². The number of hydrogen-bond donors (Lipinski definition) is 2. The van der Waals surface area contributed by atoms with E-state index in [4.69, 9.17) is 9.47 Å². The van der Waals surface area contributed by atoms with Gasteiger partial charge in [0.15, 0.2) is 11.6 Å². The zero-order chi connectivity index (χ0) is 32.1. The van der Waals surface area contributed by atoms with Crippen molar-refractivity contribution < 1.29 is 32.6 Å². The largest absolute Gasteiger partial charge is 0.466 e. The Labute approximate surface area is 260 Å². The van der Waals surface area contributed by atoms with Crippen LogP contribution >= 0.6 is 0 Å². The number of esters is 1. The first-order valence-electron chi connectivity index (χ1n) is 15.1. The molecular weight excluding hydrogens is 584 g/mol. The zero-order valence-corrected chi connectivity index (χ0v) is 25.4. The number of halogens is 2. The summed E-state index contributed by atoms with van der Waals surface area (Å²) in [6, 6.07) is 12.3. The molecular formula is C33H37F2N5O5. The van der Waals surface area contributed by atoms with E-state index in [2.05, 4.69) is 21.6 Å². The maximum atomic E-state index is 14.4. The molecule has 4 amide bonds.